The van der Waals surface area contributed by atoms with Crippen LogP contribution >= 0.6 is 0 Å². The van der Waals surface area contributed by atoms with Gasteiger partial charge in [0.1, 0.15) is 6.17 Å². The van der Waals surface area contributed by atoms with Gasteiger partial charge >= 0.3 is 0 Å². The third-order valence-electron chi connectivity index (χ3n) is 4.07. The predicted molar refractivity (Wildman–Crippen MR) is 84.9 cm³/mol. The third-order valence-corrected chi connectivity index (χ3v) is 4.07. The van der Waals surface area contributed by atoms with Crippen LogP contribution in [0.25, 0.3) is 0 Å². The van der Waals surface area contributed by atoms with Crippen LogP contribution in [0.1, 0.15) is 78.6 Å². The van der Waals surface area contributed by atoms with E-state index < -0.39 is 0 Å². The molecule has 112 valence electrons. The minimum Gasteiger partial charge on any atom is -0.356 e. The Bertz CT molecular complexity index is 219. The maximum Gasteiger partial charge on any atom is 0.101 e. The zero-order chi connectivity index (χ0) is 13.9. The van der Waals surface area contributed by atoms with Gasteiger partial charge in [0.05, 0.1) is 0 Å². The van der Waals surface area contributed by atoms with Gasteiger partial charge in [-0.3, -0.25) is 0 Å². The summed E-state index contributed by atoms with van der Waals surface area (Å²) in [6.45, 7) is 9.32. The van der Waals surface area contributed by atoms with E-state index in [1.165, 1.54) is 70.9 Å². The molecule has 0 saturated heterocycles. The summed E-state index contributed by atoms with van der Waals surface area (Å²) in [5, 5.41) is 0. The van der Waals surface area contributed by atoms with E-state index in [-0.39, 0.29) is 0 Å². The van der Waals surface area contributed by atoms with Gasteiger partial charge in [-0.1, -0.05) is 52.9 Å². The fourth-order valence-electron chi connectivity index (χ4n) is 2.77. The molecule has 1 aliphatic heterocycles. The first kappa shape index (κ1) is 16.4. The average molecular weight is 266 g/mol. The van der Waals surface area contributed by atoms with Gasteiger partial charge in [0.25, 0.3) is 0 Å². The van der Waals surface area contributed by atoms with Crippen molar-refractivity contribution < 1.29 is 0 Å². The highest BCUT2D eigenvalue weighted by atomic mass is 15.4. The van der Waals surface area contributed by atoms with Crippen molar-refractivity contribution in [1.29, 1.82) is 0 Å². The van der Waals surface area contributed by atoms with Crippen LogP contribution in [0, 0.1) is 0 Å². The summed E-state index contributed by atoms with van der Waals surface area (Å²) in [4.78, 5) is 5.15. The van der Waals surface area contributed by atoms with Crippen LogP contribution in [0.5, 0.6) is 0 Å². The van der Waals surface area contributed by atoms with E-state index in [0.717, 1.165) is 0 Å². The normalized spacial score (nSPS) is 15.7. The zero-order valence-corrected chi connectivity index (χ0v) is 13.4. The quantitative estimate of drug-likeness (QED) is 0.487. The Morgan fingerprint density at radius 2 is 1.21 bits per heavy atom. The Morgan fingerprint density at radius 1 is 0.684 bits per heavy atom. The first-order valence-electron chi connectivity index (χ1n) is 8.53. The van der Waals surface area contributed by atoms with Gasteiger partial charge in [0.2, 0.25) is 0 Å². The lowest BCUT2D eigenvalue weighted by Gasteiger charge is -2.33. The molecule has 1 rings (SSSR count). The maximum atomic E-state index is 2.57. The molecule has 1 aliphatic rings. The van der Waals surface area contributed by atoms with Crippen molar-refractivity contribution in [2.75, 3.05) is 13.1 Å². The van der Waals surface area contributed by atoms with Crippen molar-refractivity contribution in [3.05, 3.63) is 12.4 Å². The van der Waals surface area contributed by atoms with Crippen LogP contribution in [0.2, 0.25) is 0 Å². The van der Waals surface area contributed by atoms with E-state index in [1.807, 2.05) is 0 Å². The lowest BCUT2D eigenvalue weighted by atomic mass is 10.1. The predicted octanol–water partition coefficient (Wildman–Crippen LogP) is 4.97. The highest BCUT2D eigenvalue weighted by molar-refractivity contribution is 4.96. The first-order valence-corrected chi connectivity index (χ1v) is 8.53. The van der Waals surface area contributed by atoms with Crippen molar-refractivity contribution in [1.82, 2.24) is 9.80 Å². The van der Waals surface area contributed by atoms with Crippen molar-refractivity contribution in [2.45, 2.75) is 84.7 Å². The molecule has 0 atom stereocenters. The summed E-state index contributed by atoms with van der Waals surface area (Å²) in [6.07, 6.45) is 17.4. The smallest absolute Gasteiger partial charge is 0.101 e. The zero-order valence-electron chi connectivity index (χ0n) is 13.4. The van der Waals surface area contributed by atoms with Crippen LogP contribution < -0.4 is 0 Å². The monoisotopic (exact) mass is 266 g/mol. The summed E-state index contributed by atoms with van der Waals surface area (Å²) in [5.74, 6) is 0. The Kier molecular flexibility index (Phi) is 8.77. The second-order valence-electron chi connectivity index (χ2n) is 5.81. The Morgan fingerprint density at radius 3 is 1.68 bits per heavy atom. The SMILES string of the molecule is CCCCCCC1N(CCCC)C=CN1CCCC. The summed E-state index contributed by atoms with van der Waals surface area (Å²) < 4.78 is 0. The molecule has 0 aliphatic carbocycles. The van der Waals surface area contributed by atoms with E-state index >= 15 is 0 Å². The minimum atomic E-state index is 0.648. The standard InChI is InChI=1S/C17H34N2/c1-4-7-10-11-12-17-18(13-8-5-2)15-16-19(17)14-9-6-3/h15-17H,4-14H2,1-3H3. The molecule has 2 nitrogen and oxygen atoms in total. The van der Waals surface area contributed by atoms with E-state index in [2.05, 4.69) is 43.0 Å². The van der Waals surface area contributed by atoms with Crippen molar-refractivity contribution in [2.24, 2.45) is 0 Å². The van der Waals surface area contributed by atoms with Gasteiger partial charge in [0, 0.05) is 25.5 Å². The number of hydrogen-bond donors (Lipinski definition) is 0. The van der Waals surface area contributed by atoms with Crippen LogP contribution in [0.3, 0.4) is 0 Å². The molecule has 0 fully saturated rings. The highest BCUT2D eigenvalue weighted by Gasteiger charge is 2.24. The Labute approximate surface area is 120 Å². The van der Waals surface area contributed by atoms with Gasteiger partial charge in [-0.25, -0.2) is 0 Å². The molecule has 0 N–H and O–H groups in total. The van der Waals surface area contributed by atoms with Crippen LogP contribution in [0.4, 0.5) is 0 Å². The van der Waals surface area contributed by atoms with Crippen LogP contribution in [0.15, 0.2) is 12.4 Å². The molecule has 0 amide bonds. The highest BCUT2D eigenvalue weighted by Crippen LogP contribution is 2.22. The molecule has 0 aromatic carbocycles. The second-order valence-corrected chi connectivity index (χ2v) is 5.81. The molecule has 0 bridgehead atoms. The minimum absolute atomic E-state index is 0.648. The number of unbranched alkanes of at least 4 members (excludes halogenated alkanes) is 5. The van der Waals surface area contributed by atoms with E-state index in [4.69, 9.17) is 0 Å². The van der Waals surface area contributed by atoms with Crippen LogP contribution in [-0.4, -0.2) is 29.1 Å². The van der Waals surface area contributed by atoms with Gasteiger partial charge in [-0.15, -0.1) is 0 Å². The Hall–Kier alpha value is -0.660. The van der Waals surface area contributed by atoms with Crippen LogP contribution in [-0.2, 0) is 0 Å². The number of rotatable bonds is 11. The van der Waals surface area contributed by atoms with Crippen molar-refractivity contribution in [3.63, 3.8) is 0 Å². The average Bonchev–Trinajstić information content (AvgIpc) is 2.81. The van der Waals surface area contributed by atoms with Gasteiger partial charge in [0.15, 0.2) is 0 Å². The fraction of sp³-hybridized carbons (Fsp3) is 0.882. The Balaban J connectivity index is 2.39. The first-order chi connectivity index (χ1) is 9.33. The molecular formula is C17H34N2. The van der Waals surface area contributed by atoms with E-state index in [0.29, 0.717) is 6.17 Å². The topological polar surface area (TPSA) is 6.48 Å². The summed E-state index contributed by atoms with van der Waals surface area (Å²) in [7, 11) is 0. The maximum absolute atomic E-state index is 2.57. The lowest BCUT2D eigenvalue weighted by molar-refractivity contribution is 0.137. The largest absolute Gasteiger partial charge is 0.356 e. The molecule has 0 aromatic rings. The fourth-order valence-corrected chi connectivity index (χ4v) is 2.77. The molecule has 2 heteroatoms. The third kappa shape index (κ3) is 5.88. The van der Waals surface area contributed by atoms with E-state index in [9.17, 15) is 0 Å². The summed E-state index contributed by atoms with van der Waals surface area (Å²) in [5.41, 5.74) is 0. The molecule has 1 heterocycles. The van der Waals surface area contributed by atoms with Crippen molar-refractivity contribution >= 4 is 0 Å². The van der Waals surface area contributed by atoms with Gasteiger partial charge < -0.3 is 9.80 Å². The molecule has 0 spiro atoms. The van der Waals surface area contributed by atoms with Crippen molar-refractivity contribution in [3.8, 4) is 0 Å². The number of nitrogens with zero attached hydrogens (tertiary/aromatic N) is 2. The molecule has 0 saturated carbocycles. The molecule has 19 heavy (non-hydrogen) atoms. The lowest BCUT2D eigenvalue weighted by Crippen LogP contribution is -2.39. The van der Waals surface area contributed by atoms with Gasteiger partial charge in [-0.05, 0) is 25.7 Å². The second kappa shape index (κ2) is 10.2. The molecule has 0 aromatic heterocycles. The molecule has 0 radical (unpaired) electrons. The number of hydrogen-bond acceptors (Lipinski definition) is 2. The molecule has 0 unspecified atom stereocenters. The summed E-state index contributed by atoms with van der Waals surface area (Å²) in [6, 6.07) is 0. The summed E-state index contributed by atoms with van der Waals surface area (Å²) >= 11 is 0. The van der Waals surface area contributed by atoms with Gasteiger partial charge in [-0.2, -0.15) is 0 Å². The van der Waals surface area contributed by atoms with E-state index in [1.54, 1.807) is 0 Å². The molecular weight excluding hydrogens is 232 g/mol.